The monoisotopic (exact) mass is 596 g/mol. The maximum atomic E-state index is 12.8. The second-order valence-electron chi connectivity index (χ2n) is 12.0. The molecule has 220 valence electrons. The Hall–Kier alpha value is -2.80. The number of likely N-dealkylation sites (tertiary alicyclic amines) is 1. The number of nitrogens with zero attached hydrogens (tertiary/aromatic N) is 4. The average Bonchev–Trinajstić information content (AvgIpc) is 2.95. The SMILES string of the molecule is COc1cc(N2CCC3(CC2)CCN(C(C)C)CC3)ccc1Nc1ncc(Cl)c(Nc2ccccc2P(C)(C)=O)n1. The lowest BCUT2D eigenvalue weighted by atomic mass is 9.71. The third kappa shape index (κ3) is 6.82. The van der Waals surface area contributed by atoms with Gasteiger partial charge in [-0.3, -0.25) is 0 Å². The molecule has 8 nitrogen and oxygen atoms in total. The van der Waals surface area contributed by atoms with Gasteiger partial charge < -0.3 is 29.7 Å². The van der Waals surface area contributed by atoms with Crippen LogP contribution in [0.5, 0.6) is 5.75 Å². The highest BCUT2D eigenvalue weighted by Crippen LogP contribution is 2.43. The van der Waals surface area contributed by atoms with Crippen molar-refractivity contribution < 1.29 is 9.30 Å². The molecule has 0 saturated carbocycles. The molecule has 2 saturated heterocycles. The fraction of sp³-hybridized carbons (Fsp3) is 0.484. The van der Waals surface area contributed by atoms with Gasteiger partial charge >= 0.3 is 0 Å². The van der Waals surface area contributed by atoms with Crippen LogP contribution in [0.3, 0.4) is 0 Å². The summed E-state index contributed by atoms with van der Waals surface area (Å²) < 4.78 is 18.6. The van der Waals surface area contributed by atoms with E-state index >= 15 is 0 Å². The number of aromatic nitrogens is 2. The van der Waals surface area contributed by atoms with Gasteiger partial charge in [-0.1, -0.05) is 23.7 Å². The summed E-state index contributed by atoms with van der Waals surface area (Å²) in [5.41, 5.74) is 3.15. The van der Waals surface area contributed by atoms with Crippen molar-refractivity contribution >= 4 is 52.9 Å². The Morgan fingerprint density at radius 1 is 0.976 bits per heavy atom. The van der Waals surface area contributed by atoms with Crippen LogP contribution in [0.25, 0.3) is 0 Å². The van der Waals surface area contributed by atoms with E-state index in [1.54, 1.807) is 26.6 Å². The van der Waals surface area contributed by atoms with E-state index in [4.69, 9.17) is 16.3 Å². The van der Waals surface area contributed by atoms with Crippen LogP contribution in [0.15, 0.2) is 48.7 Å². The second kappa shape index (κ2) is 12.2. The molecule has 3 aromatic rings. The summed E-state index contributed by atoms with van der Waals surface area (Å²) >= 11 is 6.44. The van der Waals surface area contributed by atoms with Crippen LogP contribution >= 0.6 is 18.7 Å². The van der Waals surface area contributed by atoms with Crippen molar-refractivity contribution in [2.75, 3.05) is 62.2 Å². The van der Waals surface area contributed by atoms with Crippen molar-refractivity contribution in [1.29, 1.82) is 0 Å². The standard InChI is InChI=1S/C31H42ClN6O2P/c1-22(2)37-16-12-31(13-17-37)14-18-38(19-15-31)23-10-11-25(27(20-23)40-3)35-30-33-21-24(32)29(36-30)34-26-8-6-7-9-28(26)41(4,5)39/h6-11,20-22H,12-19H2,1-5H3,(H2,33,34,35,36). The number of hydrogen-bond donors (Lipinski definition) is 2. The molecule has 2 aromatic carbocycles. The maximum Gasteiger partial charge on any atom is 0.229 e. The summed E-state index contributed by atoms with van der Waals surface area (Å²) in [4.78, 5) is 14.1. The normalized spacial score (nSPS) is 17.6. The van der Waals surface area contributed by atoms with Gasteiger partial charge in [-0.05, 0) is 95.6 Å². The third-order valence-electron chi connectivity index (χ3n) is 8.69. The van der Waals surface area contributed by atoms with Crippen molar-refractivity contribution in [1.82, 2.24) is 14.9 Å². The Morgan fingerprint density at radius 2 is 1.66 bits per heavy atom. The van der Waals surface area contributed by atoms with Crippen molar-refractivity contribution in [2.24, 2.45) is 5.41 Å². The van der Waals surface area contributed by atoms with Crippen molar-refractivity contribution in [3.63, 3.8) is 0 Å². The number of piperidine rings is 2. The lowest BCUT2D eigenvalue weighted by Crippen LogP contribution is -2.48. The number of methoxy groups -OCH3 is 1. The van der Waals surface area contributed by atoms with E-state index in [9.17, 15) is 4.57 Å². The van der Waals surface area contributed by atoms with Crippen LogP contribution in [-0.2, 0) is 4.57 Å². The number of para-hydroxylation sites is 1. The van der Waals surface area contributed by atoms with E-state index in [0.717, 1.165) is 29.8 Å². The molecule has 2 N–H and O–H groups in total. The molecule has 10 heteroatoms. The third-order valence-corrected chi connectivity index (χ3v) is 10.5. The van der Waals surface area contributed by atoms with E-state index in [1.807, 2.05) is 30.3 Å². The van der Waals surface area contributed by atoms with Crippen LogP contribution in [0.2, 0.25) is 5.02 Å². The van der Waals surface area contributed by atoms with Gasteiger partial charge in [0, 0.05) is 36.2 Å². The minimum Gasteiger partial charge on any atom is -0.494 e. The van der Waals surface area contributed by atoms with Crippen molar-refractivity contribution in [3.8, 4) is 5.75 Å². The molecule has 3 heterocycles. The largest absolute Gasteiger partial charge is 0.494 e. The quantitative estimate of drug-likeness (QED) is 0.270. The Kier molecular flexibility index (Phi) is 8.84. The molecule has 2 aliphatic heterocycles. The number of benzene rings is 2. The number of hydrogen-bond acceptors (Lipinski definition) is 8. The van der Waals surface area contributed by atoms with Crippen molar-refractivity contribution in [2.45, 2.75) is 45.6 Å². The fourth-order valence-electron chi connectivity index (χ4n) is 6.05. The van der Waals surface area contributed by atoms with E-state index in [-0.39, 0.29) is 0 Å². The fourth-order valence-corrected chi connectivity index (χ4v) is 7.34. The molecule has 5 rings (SSSR count). The highest BCUT2D eigenvalue weighted by Gasteiger charge is 2.38. The minimum atomic E-state index is -2.51. The summed E-state index contributed by atoms with van der Waals surface area (Å²) in [5, 5.41) is 7.65. The van der Waals surface area contributed by atoms with E-state index in [0.29, 0.717) is 33.9 Å². The number of nitrogens with one attached hydrogen (secondary N) is 2. The van der Waals surface area contributed by atoms with E-state index in [2.05, 4.69) is 56.4 Å². The molecule has 41 heavy (non-hydrogen) atoms. The van der Waals surface area contributed by atoms with Gasteiger partial charge in [0.25, 0.3) is 0 Å². The van der Waals surface area contributed by atoms with Crippen LogP contribution < -0.4 is 25.6 Å². The second-order valence-corrected chi connectivity index (χ2v) is 15.6. The first kappa shape index (κ1) is 29.7. The molecule has 1 spiro atoms. The highest BCUT2D eigenvalue weighted by molar-refractivity contribution is 7.70. The molecule has 1 aromatic heterocycles. The molecule has 0 radical (unpaired) electrons. The number of anilines is 5. The zero-order valence-corrected chi connectivity index (χ0v) is 26.4. The first-order chi connectivity index (χ1) is 19.6. The lowest BCUT2D eigenvalue weighted by molar-refractivity contribution is 0.0632. The molecule has 0 bridgehead atoms. The predicted octanol–water partition coefficient (Wildman–Crippen LogP) is 6.96. The molecule has 0 amide bonds. The van der Waals surface area contributed by atoms with Crippen LogP contribution in [0.4, 0.5) is 28.8 Å². The van der Waals surface area contributed by atoms with Crippen LogP contribution in [-0.4, -0.2) is 67.5 Å². The zero-order valence-electron chi connectivity index (χ0n) is 24.8. The van der Waals surface area contributed by atoms with Gasteiger partial charge in [-0.25, -0.2) is 4.98 Å². The Bertz CT molecular complexity index is 1410. The molecular formula is C31H42ClN6O2P. The smallest absolute Gasteiger partial charge is 0.229 e. The van der Waals surface area contributed by atoms with Crippen LogP contribution in [0.1, 0.15) is 39.5 Å². The molecule has 2 aliphatic rings. The summed E-state index contributed by atoms with van der Waals surface area (Å²) in [6.45, 7) is 12.7. The van der Waals surface area contributed by atoms with E-state index < -0.39 is 7.14 Å². The Morgan fingerprint density at radius 3 is 2.32 bits per heavy atom. The topological polar surface area (TPSA) is 82.6 Å². The van der Waals surface area contributed by atoms with Gasteiger partial charge in [0.2, 0.25) is 5.95 Å². The first-order valence-electron chi connectivity index (χ1n) is 14.5. The molecule has 0 aliphatic carbocycles. The lowest BCUT2D eigenvalue weighted by Gasteiger charge is -2.48. The molecular weight excluding hydrogens is 555 g/mol. The molecule has 0 unspecified atom stereocenters. The average molecular weight is 597 g/mol. The van der Waals surface area contributed by atoms with Gasteiger partial charge in [0.15, 0.2) is 5.82 Å². The van der Waals surface area contributed by atoms with Gasteiger partial charge in [0.1, 0.15) is 17.9 Å². The van der Waals surface area contributed by atoms with Crippen LogP contribution in [0, 0.1) is 5.41 Å². The predicted molar refractivity (Wildman–Crippen MR) is 172 cm³/mol. The van der Waals surface area contributed by atoms with E-state index in [1.165, 1.54) is 44.5 Å². The molecule has 0 atom stereocenters. The molecule has 2 fully saturated rings. The summed E-state index contributed by atoms with van der Waals surface area (Å²) in [5.74, 6) is 1.54. The number of ether oxygens (including phenoxy) is 1. The zero-order chi connectivity index (χ0) is 29.2. The summed E-state index contributed by atoms with van der Waals surface area (Å²) in [7, 11) is -0.826. The number of rotatable bonds is 8. The Labute approximate surface area is 249 Å². The summed E-state index contributed by atoms with van der Waals surface area (Å²) in [6.07, 6.45) is 6.65. The summed E-state index contributed by atoms with van der Waals surface area (Å²) in [6, 6.07) is 14.4. The minimum absolute atomic E-state index is 0.368. The maximum absolute atomic E-state index is 12.8. The Balaban J connectivity index is 1.27. The van der Waals surface area contributed by atoms with Gasteiger partial charge in [0.05, 0.1) is 24.7 Å². The van der Waals surface area contributed by atoms with Gasteiger partial charge in [-0.15, -0.1) is 0 Å². The highest BCUT2D eigenvalue weighted by atomic mass is 35.5. The first-order valence-corrected chi connectivity index (χ1v) is 17.4. The number of halogens is 1. The van der Waals surface area contributed by atoms with Gasteiger partial charge in [-0.2, -0.15) is 4.98 Å². The van der Waals surface area contributed by atoms with Crippen molar-refractivity contribution in [3.05, 3.63) is 53.7 Å².